The summed E-state index contributed by atoms with van der Waals surface area (Å²) in [7, 11) is 0. The van der Waals surface area contributed by atoms with E-state index in [1.54, 1.807) is 17.4 Å². The number of nitrogens with zero attached hydrogens (tertiary/aromatic N) is 7. The normalized spacial score (nSPS) is 22.1. The minimum atomic E-state index is -1.34. The Balaban J connectivity index is 1.23. The first kappa shape index (κ1) is 24.5. The number of amides is 1. The highest BCUT2D eigenvalue weighted by Gasteiger charge is 2.41. The van der Waals surface area contributed by atoms with E-state index in [1.807, 2.05) is 33.8 Å². The van der Waals surface area contributed by atoms with Crippen molar-refractivity contribution < 1.29 is 15.0 Å². The second-order valence-electron chi connectivity index (χ2n) is 10.4. The maximum absolute atomic E-state index is 11.3. The number of anilines is 1. The van der Waals surface area contributed by atoms with Crippen molar-refractivity contribution in [2.75, 3.05) is 24.5 Å². The van der Waals surface area contributed by atoms with Gasteiger partial charge in [0.05, 0.1) is 30.3 Å². The van der Waals surface area contributed by atoms with Crippen molar-refractivity contribution in [1.82, 2.24) is 29.2 Å². The van der Waals surface area contributed by atoms with Gasteiger partial charge in [0, 0.05) is 44.3 Å². The zero-order valence-corrected chi connectivity index (χ0v) is 21.1. The Bertz CT molecular complexity index is 1420. The highest BCUT2D eigenvalue weighted by molar-refractivity contribution is 5.88. The standard InChI is InChI=1S/C27H32N8O3/c28-24(37)16-32-13-9-27(38,23(36)15-32)17-33-12-8-22-25(33)29-18-30-26(22)34(20-6-7-20)14-19-2-4-21(5-3-19)35-11-1-10-31-35/h1-5,8,10-12,18,20,23,36,38H,6-7,9,13-17H2,(H2,28,37)/t23-,27-/m1/s1. The number of nitrogens with two attached hydrogens (primary N) is 1. The Kier molecular flexibility index (Phi) is 6.34. The van der Waals surface area contributed by atoms with Crippen LogP contribution in [0.15, 0.2) is 61.3 Å². The number of hydrogen-bond donors (Lipinski definition) is 3. The Morgan fingerprint density at radius 2 is 1.97 bits per heavy atom. The van der Waals surface area contributed by atoms with Crippen molar-refractivity contribution >= 4 is 22.8 Å². The third-order valence-electron chi connectivity index (χ3n) is 7.59. The Hall–Kier alpha value is -3.80. The fourth-order valence-electron chi connectivity index (χ4n) is 5.35. The molecular weight excluding hydrogens is 484 g/mol. The van der Waals surface area contributed by atoms with Crippen molar-refractivity contribution in [2.24, 2.45) is 5.73 Å². The first-order valence-corrected chi connectivity index (χ1v) is 13.0. The molecule has 1 amide bonds. The van der Waals surface area contributed by atoms with Gasteiger partial charge in [-0.25, -0.2) is 14.6 Å². The third-order valence-corrected chi connectivity index (χ3v) is 7.59. The van der Waals surface area contributed by atoms with Crippen LogP contribution in [0.25, 0.3) is 16.7 Å². The van der Waals surface area contributed by atoms with E-state index in [4.69, 9.17) is 5.73 Å². The summed E-state index contributed by atoms with van der Waals surface area (Å²) < 4.78 is 3.73. The number of fused-ring (bicyclic) bond motifs is 1. The largest absolute Gasteiger partial charge is 0.389 e. The molecule has 0 spiro atoms. The van der Waals surface area contributed by atoms with E-state index in [2.05, 4.69) is 44.2 Å². The average molecular weight is 517 g/mol. The van der Waals surface area contributed by atoms with E-state index in [0.29, 0.717) is 19.0 Å². The number of hydrogen-bond acceptors (Lipinski definition) is 8. The molecule has 1 saturated carbocycles. The van der Waals surface area contributed by atoms with Crippen LogP contribution in [0, 0.1) is 0 Å². The summed E-state index contributed by atoms with van der Waals surface area (Å²) in [5.41, 5.74) is 6.87. The SMILES string of the molecule is NC(=O)CN1CC[C@@](O)(Cn2ccc3c(N(Cc4ccc(-n5cccn5)cc4)C4CC4)ncnc32)[C@H](O)C1. The first-order valence-electron chi connectivity index (χ1n) is 13.0. The lowest BCUT2D eigenvalue weighted by Gasteiger charge is -2.42. The molecule has 198 valence electrons. The molecule has 3 aromatic heterocycles. The van der Waals surface area contributed by atoms with Gasteiger partial charge in [-0.3, -0.25) is 9.69 Å². The Morgan fingerprint density at radius 1 is 1.16 bits per heavy atom. The van der Waals surface area contributed by atoms with E-state index in [-0.39, 0.29) is 19.6 Å². The molecule has 2 fully saturated rings. The maximum atomic E-state index is 11.3. The van der Waals surface area contributed by atoms with Gasteiger partial charge in [-0.2, -0.15) is 5.10 Å². The van der Waals surface area contributed by atoms with Gasteiger partial charge < -0.3 is 25.4 Å². The summed E-state index contributed by atoms with van der Waals surface area (Å²) in [6, 6.07) is 12.7. The fourth-order valence-corrected chi connectivity index (χ4v) is 5.35. The number of aliphatic hydroxyl groups is 2. The lowest BCUT2D eigenvalue weighted by molar-refractivity contribution is -0.135. The summed E-state index contributed by atoms with van der Waals surface area (Å²) in [5, 5.41) is 27.3. The highest BCUT2D eigenvalue weighted by Crippen LogP contribution is 2.36. The van der Waals surface area contributed by atoms with Gasteiger partial charge in [-0.05, 0) is 49.1 Å². The van der Waals surface area contributed by atoms with Crippen LogP contribution in [-0.2, 0) is 17.9 Å². The van der Waals surface area contributed by atoms with Crippen molar-refractivity contribution in [1.29, 1.82) is 0 Å². The first-order chi connectivity index (χ1) is 18.4. The number of rotatable bonds is 9. The molecule has 4 heterocycles. The highest BCUT2D eigenvalue weighted by atomic mass is 16.3. The number of β-amino-alcohol motifs (C(OH)–C–C–N with tert-alkyl or cyclic N) is 1. The Morgan fingerprint density at radius 3 is 2.66 bits per heavy atom. The summed E-state index contributed by atoms with van der Waals surface area (Å²) in [6.07, 6.45) is 8.70. The number of likely N-dealkylation sites (tertiary alicyclic amines) is 1. The lowest BCUT2D eigenvalue weighted by Crippen LogP contribution is -2.58. The van der Waals surface area contributed by atoms with E-state index in [1.165, 1.54) is 5.56 Å². The molecule has 1 saturated heterocycles. The number of primary amides is 1. The van der Waals surface area contributed by atoms with E-state index >= 15 is 0 Å². The average Bonchev–Trinajstić information content (AvgIpc) is 3.43. The number of piperidine rings is 1. The maximum Gasteiger partial charge on any atom is 0.231 e. The number of aliphatic hydroxyl groups excluding tert-OH is 1. The van der Waals surface area contributed by atoms with Crippen LogP contribution < -0.4 is 10.6 Å². The van der Waals surface area contributed by atoms with E-state index in [0.717, 1.165) is 41.9 Å². The predicted molar refractivity (Wildman–Crippen MR) is 142 cm³/mol. The number of carbonyl (C=O) groups is 1. The van der Waals surface area contributed by atoms with Crippen molar-refractivity contribution in [2.45, 2.75) is 50.1 Å². The van der Waals surface area contributed by atoms with Gasteiger partial charge in [0.2, 0.25) is 5.91 Å². The molecule has 11 nitrogen and oxygen atoms in total. The predicted octanol–water partition coefficient (Wildman–Crippen LogP) is 1.07. The van der Waals surface area contributed by atoms with Gasteiger partial charge in [0.25, 0.3) is 0 Å². The van der Waals surface area contributed by atoms with Crippen LogP contribution in [0.5, 0.6) is 0 Å². The molecule has 2 aliphatic rings. The zero-order valence-electron chi connectivity index (χ0n) is 21.1. The van der Waals surface area contributed by atoms with E-state index in [9.17, 15) is 15.0 Å². The van der Waals surface area contributed by atoms with Gasteiger partial charge in [-0.1, -0.05) is 12.1 Å². The second kappa shape index (κ2) is 9.82. The molecule has 1 aliphatic carbocycles. The molecule has 0 unspecified atom stereocenters. The summed E-state index contributed by atoms with van der Waals surface area (Å²) in [6.45, 7) is 1.65. The summed E-state index contributed by atoms with van der Waals surface area (Å²) >= 11 is 0. The Labute approximate surface area is 220 Å². The van der Waals surface area contributed by atoms with Crippen LogP contribution in [-0.4, -0.2) is 82.7 Å². The molecule has 6 rings (SSSR count). The molecule has 0 bridgehead atoms. The summed E-state index contributed by atoms with van der Waals surface area (Å²) in [4.78, 5) is 24.6. The van der Waals surface area contributed by atoms with Crippen LogP contribution in [0.3, 0.4) is 0 Å². The molecule has 38 heavy (non-hydrogen) atoms. The van der Waals surface area contributed by atoms with Crippen molar-refractivity contribution in [3.05, 3.63) is 66.9 Å². The van der Waals surface area contributed by atoms with Crippen LogP contribution in [0.1, 0.15) is 24.8 Å². The minimum absolute atomic E-state index is 0.0686. The molecule has 1 aromatic carbocycles. The molecule has 11 heteroatoms. The van der Waals surface area contributed by atoms with Crippen LogP contribution in [0.2, 0.25) is 0 Å². The fraction of sp³-hybridized carbons (Fsp3) is 0.407. The van der Waals surface area contributed by atoms with Crippen molar-refractivity contribution in [3.8, 4) is 5.69 Å². The monoisotopic (exact) mass is 516 g/mol. The molecule has 4 aromatic rings. The van der Waals surface area contributed by atoms with Crippen LogP contribution >= 0.6 is 0 Å². The quantitative estimate of drug-likeness (QED) is 0.300. The molecular formula is C27H32N8O3. The number of carbonyl (C=O) groups excluding carboxylic acids is 1. The van der Waals surface area contributed by atoms with Gasteiger partial charge in [0.15, 0.2) is 0 Å². The topological polar surface area (TPSA) is 139 Å². The molecule has 1 aliphatic heterocycles. The lowest BCUT2D eigenvalue weighted by atomic mass is 9.88. The summed E-state index contributed by atoms with van der Waals surface area (Å²) in [5.74, 6) is 0.425. The van der Waals surface area contributed by atoms with Crippen molar-refractivity contribution in [3.63, 3.8) is 0 Å². The van der Waals surface area contributed by atoms with Gasteiger partial charge >= 0.3 is 0 Å². The second-order valence-corrected chi connectivity index (χ2v) is 10.4. The smallest absolute Gasteiger partial charge is 0.231 e. The minimum Gasteiger partial charge on any atom is -0.389 e. The molecule has 0 radical (unpaired) electrons. The molecule has 4 N–H and O–H groups in total. The third kappa shape index (κ3) is 4.87. The van der Waals surface area contributed by atoms with E-state index < -0.39 is 17.6 Å². The van der Waals surface area contributed by atoms with Gasteiger partial charge in [0.1, 0.15) is 23.4 Å². The zero-order chi connectivity index (χ0) is 26.3. The van der Waals surface area contributed by atoms with Crippen LogP contribution in [0.4, 0.5) is 5.82 Å². The molecule has 2 atom stereocenters. The van der Waals surface area contributed by atoms with Gasteiger partial charge in [-0.15, -0.1) is 0 Å². The number of aromatic nitrogens is 5. The number of benzene rings is 1.